The highest BCUT2D eigenvalue weighted by Crippen LogP contribution is 2.44. The van der Waals surface area contributed by atoms with Gasteiger partial charge in [-0.05, 0) is 23.8 Å². The molecule has 1 aliphatic rings. The Balaban J connectivity index is 2.07. The van der Waals surface area contributed by atoms with Gasteiger partial charge in [-0.25, -0.2) is 4.18 Å². The first-order valence-electron chi connectivity index (χ1n) is 7.03. The van der Waals surface area contributed by atoms with Crippen LogP contribution in [0.5, 0.6) is 28.7 Å². The number of rotatable bonds is 3. The van der Waals surface area contributed by atoms with E-state index in [-0.39, 0.29) is 40.5 Å². The largest absolute Gasteiger partial charge is 0.508 e. The average molecular weight is 370 g/mol. The molecule has 9 nitrogen and oxygen atoms in total. The number of aromatic hydroxyl groups is 4. The number of ether oxygens (including phenoxy) is 1. The first-order valence-corrected chi connectivity index (χ1v) is 8.39. The third-order valence-corrected chi connectivity index (χ3v) is 4.20. The van der Waals surface area contributed by atoms with Gasteiger partial charge in [-0.3, -0.25) is 4.55 Å². The van der Waals surface area contributed by atoms with Crippen LogP contribution in [0.25, 0.3) is 0 Å². The minimum Gasteiger partial charge on any atom is -0.508 e. The molecule has 10 heteroatoms. The van der Waals surface area contributed by atoms with Crippen molar-refractivity contribution in [3.05, 3.63) is 41.5 Å². The smallest absolute Gasteiger partial charge is 0.397 e. The monoisotopic (exact) mass is 370 g/mol. The lowest BCUT2D eigenvalue weighted by Crippen LogP contribution is -2.34. The number of phenolic OH excluding ortho intramolecular Hbond substituents is 4. The predicted molar refractivity (Wildman–Crippen MR) is 83.0 cm³/mol. The molecule has 0 saturated carbocycles. The summed E-state index contributed by atoms with van der Waals surface area (Å²) >= 11 is 0. The van der Waals surface area contributed by atoms with Crippen molar-refractivity contribution >= 4 is 10.4 Å². The Morgan fingerprint density at radius 2 is 1.72 bits per heavy atom. The number of hydrogen-bond acceptors (Lipinski definition) is 8. The van der Waals surface area contributed by atoms with E-state index in [0.717, 1.165) is 12.1 Å². The summed E-state index contributed by atoms with van der Waals surface area (Å²) in [5.74, 6) is -1.47. The molecular formula is C15H14O9S. The van der Waals surface area contributed by atoms with Crippen LogP contribution in [0.2, 0.25) is 0 Å². The van der Waals surface area contributed by atoms with Crippen LogP contribution in [-0.4, -0.2) is 39.5 Å². The highest BCUT2D eigenvalue weighted by Gasteiger charge is 2.37. The van der Waals surface area contributed by atoms with Gasteiger partial charge in [0.1, 0.15) is 11.9 Å². The highest BCUT2D eigenvalue weighted by molar-refractivity contribution is 7.80. The average Bonchev–Trinajstić information content (AvgIpc) is 2.48. The summed E-state index contributed by atoms with van der Waals surface area (Å²) in [7, 11) is -4.82. The van der Waals surface area contributed by atoms with Gasteiger partial charge in [0, 0.05) is 18.1 Å². The molecule has 3 rings (SSSR count). The standard InChI is InChI=1S/C15H14O9S/c16-9-3-8-5-13(24-25(20,21)22)15(23-14(8)12(19)6-9)7-1-2-10(17)11(18)4-7/h1-4,6,13,15-19H,5H2,(H,20,21,22)/t13-,15?/m1/s1. The summed E-state index contributed by atoms with van der Waals surface area (Å²) in [4.78, 5) is 0. The first-order chi connectivity index (χ1) is 11.6. The van der Waals surface area contributed by atoms with Crippen molar-refractivity contribution in [1.29, 1.82) is 0 Å². The van der Waals surface area contributed by atoms with E-state index in [4.69, 9.17) is 9.29 Å². The van der Waals surface area contributed by atoms with Gasteiger partial charge in [0.05, 0.1) is 0 Å². The molecule has 2 aromatic carbocycles. The maximum atomic E-state index is 11.1. The SMILES string of the molecule is O=S(=O)(O)O[C@@H]1Cc2cc(O)cc(O)c2OC1c1ccc(O)c(O)c1. The lowest BCUT2D eigenvalue weighted by Gasteiger charge is -2.33. The summed E-state index contributed by atoms with van der Waals surface area (Å²) in [6.07, 6.45) is -2.49. The predicted octanol–water partition coefficient (Wildman–Crippen LogP) is 1.37. The second-order valence-electron chi connectivity index (χ2n) is 5.51. The molecule has 0 aromatic heterocycles. The number of hydrogen-bond donors (Lipinski definition) is 5. The van der Waals surface area contributed by atoms with E-state index in [9.17, 15) is 28.8 Å². The van der Waals surface area contributed by atoms with Gasteiger partial charge in [0.2, 0.25) is 0 Å². The zero-order valence-electron chi connectivity index (χ0n) is 12.5. The van der Waals surface area contributed by atoms with Gasteiger partial charge in [-0.15, -0.1) is 0 Å². The fraction of sp³-hybridized carbons (Fsp3) is 0.200. The summed E-state index contributed by atoms with van der Waals surface area (Å²) < 4.78 is 41.5. The minimum absolute atomic E-state index is 0.00514. The van der Waals surface area contributed by atoms with Gasteiger partial charge >= 0.3 is 10.4 Å². The number of phenols is 4. The normalized spacial score (nSPS) is 19.9. The molecule has 1 heterocycles. The molecule has 2 atom stereocenters. The van der Waals surface area contributed by atoms with Crippen molar-refractivity contribution in [2.24, 2.45) is 0 Å². The van der Waals surface area contributed by atoms with Crippen molar-refractivity contribution in [1.82, 2.24) is 0 Å². The van der Waals surface area contributed by atoms with Gasteiger partial charge in [-0.1, -0.05) is 6.07 Å². The van der Waals surface area contributed by atoms with Crippen LogP contribution in [0.4, 0.5) is 0 Å². The Kier molecular flexibility index (Phi) is 4.11. The van der Waals surface area contributed by atoms with E-state index < -0.39 is 28.4 Å². The Morgan fingerprint density at radius 1 is 1.00 bits per heavy atom. The van der Waals surface area contributed by atoms with Gasteiger partial charge in [0.15, 0.2) is 29.1 Å². The van der Waals surface area contributed by atoms with Crippen LogP contribution in [0.1, 0.15) is 17.2 Å². The third-order valence-electron chi connectivity index (χ3n) is 3.71. The van der Waals surface area contributed by atoms with Crippen molar-refractivity contribution in [2.75, 3.05) is 0 Å². The van der Waals surface area contributed by atoms with Crippen LogP contribution in [0.3, 0.4) is 0 Å². The van der Waals surface area contributed by atoms with Crippen LogP contribution in [-0.2, 0) is 21.0 Å². The number of fused-ring (bicyclic) bond motifs is 1. The second-order valence-corrected chi connectivity index (χ2v) is 6.55. The van der Waals surface area contributed by atoms with Crippen molar-refractivity contribution in [3.8, 4) is 28.7 Å². The summed E-state index contributed by atoms with van der Waals surface area (Å²) in [5.41, 5.74) is 0.507. The maximum Gasteiger partial charge on any atom is 0.397 e. The summed E-state index contributed by atoms with van der Waals surface area (Å²) in [6.45, 7) is 0. The zero-order valence-corrected chi connectivity index (χ0v) is 13.3. The number of benzene rings is 2. The quantitative estimate of drug-likeness (QED) is 0.398. The van der Waals surface area contributed by atoms with Crippen LogP contribution < -0.4 is 4.74 Å². The molecule has 0 amide bonds. The lowest BCUT2D eigenvalue weighted by molar-refractivity contribution is 0.0324. The summed E-state index contributed by atoms with van der Waals surface area (Å²) in [6, 6.07) is 5.99. The molecule has 0 radical (unpaired) electrons. The molecule has 25 heavy (non-hydrogen) atoms. The van der Waals surface area contributed by atoms with E-state index in [1.54, 1.807) is 0 Å². The van der Waals surface area contributed by atoms with Crippen molar-refractivity contribution < 1.29 is 42.3 Å². The van der Waals surface area contributed by atoms with E-state index in [1.807, 2.05) is 0 Å². The van der Waals surface area contributed by atoms with Crippen molar-refractivity contribution in [2.45, 2.75) is 18.6 Å². The van der Waals surface area contributed by atoms with E-state index >= 15 is 0 Å². The lowest BCUT2D eigenvalue weighted by atomic mass is 9.94. The van der Waals surface area contributed by atoms with E-state index in [2.05, 4.69) is 4.18 Å². The molecule has 0 fully saturated rings. The first kappa shape index (κ1) is 17.1. The molecule has 134 valence electrons. The fourth-order valence-electron chi connectivity index (χ4n) is 2.71. The molecule has 2 aromatic rings. The highest BCUT2D eigenvalue weighted by atomic mass is 32.3. The van der Waals surface area contributed by atoms with E-state index in [0.29, 0.717) is 0 Å². The second kappa shape index (κ2) is 5.99. The molecule has 0 spiro atoms. The third kappa shape index (κ3) is 3.55. The van der Waals surface area contributed by atoms with Crippen LogP contribution in [0.15, 0.2) is 30.3 Å². The molecule has 0 bridgehead atoms. The topological polar surface area (TPSA) is 154 Å². The Morgan fingerprint density at radius 3 is 2.36 bits per heavy atom. The summed E-state index contributed by atoms with van der Waals surface area (Å²) in [5, 5.41) is 38.5. The molecule has 5 N–H and O–H groups in total. The van der Waals surface area contributed by atoms with E-state index in [1.165, 1.54) is 18.2 Å². The Labute approximate surface area is 142 Å². The molecular weight excluding hydrogens is 356 g/mol. The van der Waals surface area contributed by atoms with Gasteiger partial charge in [-0.2, -0.15) is 8.42 Å². The Hall–Kier alpha value is -2.69. The van der Waals surface area contributed by atoms with Crippen molar-refractivity contribution in [3.63, 3.8) is 0 Å². The van der Waals surface area contributed by atoms with Crippen LogP contribution in [0, 0.1) is 0 Å². The molecule has 1 unspecified atom stereocenters. The van der Waals surface area contributed by atoms with Gasteiger partial charge < -0.3 is 25.2 Å². The molecule has 1 aliphatic heterocycles. The Bertz CT molecular complexity index is 923. The fourth-order valence-corrected chi connectivity index (χ4v) is 3.19. The minimum atomic E-state index is -4.82. The molecule has 0 saturated heterocycles. The molecule has 0 aliphatic carbocycles. The maximum absolute atomic E-state index is 11.1. The van der Waals surface area contributed by atoms with Crippen LogP contribution >= 0.6 is 0 Å². The van der Waals surface area contributed by atoms with Gasteiger partial charge in [0.25, 0.3) is 0 Å². The zero-order chi connectivity index (χ0) is 18.4.